The van der Waals surface area contributed by atoms with Gasteiger partial charge in [-0.3, -0.25) is 0 Å². The van der Waals surface area contributed by atoms with Crippen LogP contribution < -0.4 is 4.74 Å². The molecule has 0 fully saturated rings. The lowest BCUT2D eigenvalue weighted by Crippen LogP contribution is -2.05. The second-order valence-corrected chi connectivity index (χ2v) is 3.86. The molecule has 0 saturated carbocycles. The highest BCUT2D eigenvalue weighted by atomic mass is 35.5. The number of methoxy groups -OCH3 is 2. The van der Waals surface area contributed by atoms with Gasteiger partial charge < -0.3 is 9.47 Å². The molecule has 0 aliphatic carbocycles. The van der Waals surface area contributed by atoms with Crippen molar-refractivity contribution in [1.82, 2.24) is 4.98 Å². The van der Waals surface area contributed by atoms with Crippen LogP contribution in [0.5, 0.6) is 5.75 Å². The number of carbonyl (C=O) groups is 1. The summed E-state index contributed by atoms with van der Waals surface area (Å²) in [6.45, 7) is 0. The van der Waals surface area contributed by atoms with E-state index in [1.807, 2.05) is 0 Å². The summed E-state index contributed by atoms with van der Waals surface area (Å²) in [4.78, 5) is 15.4. The summed E-state index contributed by atoms with van der Waals surface area (Å²) in [7, 11) is 2.60. The van der Waals surface area contributed by atoms with Crippen molar-refractivity contribution in [3.05, 3.63) is 34.7 Å². The molecule has 0 radical (unpaired) electrons. The number of pyridine rings is 1. The summed E-state index contributed by atoms with van der Waals surface area (Å²) >= 11 is 5.94. The minimum Gasteiger partial charge on any atom is -0.496 e. The van der Waals surface area contributed by atoms with Gasteiger partial charge in [-0.05, 0) is 12.1 Å². The number of rotatable bonds is 2. The van der Waals surface area contributed by atoms with E-state index in [1.165, 1.54) is 32.4 Å². The SMILES string of the molecule is COC(=O)c1cc(OC)c2c(F)ccc(Cl)c2n1. The highest BCUT2D eigenvalue weighted by Crippen LogP contribution is 2.32. The van der Waals surface area contributed by atoms with Crippen LogP contribution in [0.15, 0.2) is 18.2 Å². The predicted molar refractivity (Wildman–Crippen MR) is 64.6 cm³/mol. The largest absolute Gasteiger partial charge is 0.496 e. The first kappa shape index (κ1) is 12.6. The van der Waals surface area contributed by atoms with Crippen molar-refractivity contribution in [2.45, 2.75) is 0 Å². The van der Waals surface area contributed by atoms with Crippen molar-refractivity contribution in [2.75, 3.05) is 14.2 Å². The van der Waals surface area contributed by atoms with Crippen LogP contribution in [0, 0.1) is 5.82 Å². The third kappa shape index (κ3) is 1.97. The average molecular weight is 270 g/mol. The number of hydrogen-bond acceptors (Lipinski definition) is 4. The Morgan fingerprint density at radius 2 is 2.11 bits per heavy atom. The molecule has 0 amide bonds. The highest BCUT2D eigenvalue weighted by Gasteiger charge is 2.17. The summed E-state index contributed by atoms with van der Waals surface area (Å²) in [6, 6.07) is 3.90. The van der Waals surface area contributed by atoms with E-state index < -0.39 is 11.8 Å². The molecule has 0 spiro atoms. The summed E-state index contributed by atoms with van der Waals surface area (Å²) in [6.07, 6.45) is 0. The number of nitrogens with zero attached hydrogens (tertiary/aromatic N) is 1. The Balaban J connectivity index is 2.83. The Bertz CT molecular complexity index is 630. The van der Waals surface area contributed by atoms with E-state index in [0.717, 1.165) is 0 Å². The van der Waals surface area contributed by atoms with Crippen molar-refractivity contribution in [3.8, 4) is 5.75 Å². The van der Waals surface area contributed by atoms with Crippen LogP contribution in [0.4, 0.5) is 4.39 Å². The first-order valence-corrected chi connectivity index (χ1v) is 5.37. The molecule has 18 heavy (non-hydrogen) atoms. The molecule has 2 rings (SSSR count). The summed E-state index contributed by atoms with van der Waals surface area (Å²) < 4.78 is 23.3. The number of carbonyl (C=O) groups excluding carboxylic acids is 1. The van der Waals surface area contributed by atoms with Crippen LogP contribution in [0.3, 0.4) is 0 Å². The molecule has 1 heterocycles. The fourth-order valence-corrected chi connectivity index (χ4v) is 1.80. The van der Waals surface area contributed by atoms with Crippen molar-refractivity contribution in [1.29, 1.82) is 0 Å². The number of fused-ring (bicyclic) bond motifs is 1. The van der Waals surface area contributed by atoms with Gasteiger partial charge in [0.2, 0.25) is 0 Å². The normalized spacial score (nSPS) is 10.4. The number of ether oxygens (including phenoxy) is 2. The van der Waals surface area contributed by atoms with E-state index in [0.29, 0.717) is 0 Å². The van der Waals surface area contributed by atoms with Crippen LogP contribution in [0.1, 0.15) is 10.5 Å². The minimum absolute atomic E-state index is 0.00866. The molecule has 0 atom stereocenters. The van der Waals surface area contributed by atoms with E-state index >= 15 is 0 Å². The zero-order valence-corrected chi connectivity index (χ0v) is 10.4. The van der Waals surface area contributed by atoms with Crippen LogP contribution in [0.25, 0.3) is 10.9 Å². The molecule has 1 aromatic heterocycles. The lowest BCUT2D eigenvalue weighted by Gasteiger charge is -2.09. The maximum Gasteiger partial charge on any atom is 0.356 e. The second-order valence-electron chi connectivity index (χ2n) is 3.45. The van der Waals surface area contributed by atoms with Gasteiger partial charge in [-0.25, -0.2) is 14.2 Å². The monoisotopic (exact) mass is 269 g/mol. The molecular weight excluding hydrogens is 261 g/mol. The van der Waals surface area contributed by atoms with Gasteiger partial charge >= 0.3 is 5.97 Å². The third-order valence-corrected chi connectivity index (χ3v) is 2.74. The topological polar surface area (TPSA) is 48.4 Å². The van der Waals surface area contributed by atoms with E-state index in [9.17, 15) is 9.18 Å². The molecule has 0 aliphatic heterocycles. The van der Waals surface area contributed by atoms with Crippen LogP contribution in [-0.4, -0.2) is 25.2 Å². The number of esters is 1. The standard InChI is InChI=1S/C12H9ClFNO3/c1-17-9-5-8(12(16)18-2)15-11-6(13)3-4-7(14)10(9)11/h3-5H,1-2H3. The van der Waals surface area contributed by atoms with Gasteiger partial charge in [0.25, 0.3) is 0 Å². The minimum atomic E-state index is -0.643. The van der Waals surface area contributed by atoms with Crippen LogP contribution in [-0.2, 0) is 4.74 Å². The summed E-state index contributed by atoms with van der Waals surface area (Å²) in [5.74, 6) is -0.980. The molecule has 0 saturated heterocycles. The molecule has 0 unspecified atom stereocenters. The first-order chi connectivity index (χ1) is 8.58. The average Bonchev–Trinajstić information content (AvgIpc) is 2.40. The Morgan fingerprint density at radius 1 is 1.39 bits per heavy atom. The fraction of sp³-hybridized carbons (Fsp3) is 0.167. The molecule has 6 heteroatoms. The molecule has 1 aromatic carbocycles. The summed E-state index contributed by atoms with van der Waals surface area (Å²) in [5, 5.41) is 0.369. The van der Waals surface area contributed by atoms with E-state index in [4.69, 9.17) is 16.3 Å². The van der Waals surface area contributed by atoms with Gasteiger partial charge in [0.1, 0.15) is 11.6 Å². The quantitative estimate of drug-likeness (QED) is 0.787. The van der Waals surface area contributed by atoms with E-state index in [-0.39, 0.29) is 27.4 Å². The number of aromatic nitrogens is 1. The summed E-state index contributed by atoms with van der Waals surface area (Å²) in [5.41, 5.74) is 0.172. The second kappa shape index (κ2) is 4.78. The zero-order valence-electron chi connectivity index (χ0n) is 9.66. The van der Waals surface area contributed by atoms with Gasteiger partial charge in [-0.15, -0.1) is 0 Å². The molecule has 0 aliphatic rings. The number of hydrogen-bond donors (Lipinski definition) is 0. The zero-order chi connectivity index (χ0) is 13.3. The molecule has 0 N–H and O–H groups in total. The molecule has 94 valence electrons. The predicted octanol–water partition coefficient (Wildman–Crippen LogP) is 2.82. The fourth-order valence-electron chi connectivity index (χ4n) is 1.60. The Morgan fingerprint density at radius 3 is 2.72 bits per heavy atom. The molecule has 0 bridgehead atoms. The maximum absolute atomic E-state index is 13.7. The first-order valence-electron chi connectivity index (χ1n) is 4.99. The van der Waals surface area contributed by atoms with Crippen molar-refractivity contribution >= 4 is 28.5 Å². The van der Waals surface area contributed by atoms with Crippen molar-refractivity contribution in [2.24, 2.45) is 0 Å². The third-order valence-electron chi connectivity index (χ3n) is 2.44. The van der Waals surface area contributed by atoms with E-state index in [2.05, 4.69) is 9.72 Å². The Labute approximate surface area is 107 Å². The van der Waals surface area contributed by atoms with Gasteiger partial charge in [0.05, 0.1) is 30.1 Å². The van der Waals surface area contributed by atoms with Crippen LogP contribution >= 0.6 is 11.6 Å². The van der Waals surface area contributed by atoms with Gasteiger partial charge in [-0.2, -0.15) is 0 Å². The number of benzene rings is 1. The van der Waals surface area contributed by atoms with Crippen molar-refractivity contribution in [3.63, 3.8) is 0 Å². The molecule has 4 nitrogen and oxygen atoms in total. The van der Waals surface area contributed by atoms with Crippen LogP contribution in [0.2, 0.25) is 5.02 Å². The highest BCUT2D eigenvalue weighted by molar-refractivity contribution is 6.35. The maximum atomic E-state index is 13.7. The Hall–Kier alpha value is -1.88. The smallest absolute Gasteiger partial charge is 0.356 e. The van der Waals surface area contributed by atoms with Gasteiger partial charge in [-0.1, -0.05) is 11.6 Å². The van der Waals surface area contributed by atoms with Gasteiger partial charge in [0, 0.05) is 6.07 Å². The lowest BCUT2D eigenvalue weighted by molar-refractivity contribution is 0.0594. The van der Waals surface area contributed by atoms with E-state index in [1.54, 1.807) is 0 Å². The Kier molecular flexibility index (Phi) is 3.34. The lowest BCUT2D eigenvalue weighted by atomic mass is 10.1. The molecular formula is C12H9ClFNO3. The molecule has 2 aromatic rings. The van der Waals surface area contributed by atoms with Gasteiger partial charge in [0.15, 0.2) is 5.69 Å². The van der Waals surface area contributed by atoms with Crippen molar-refractivity contribution < 1.29 is 18.7 Å². The number of halogens is 2.